The van der Waals surface area contributed by atoms with E-state index in [9.17, 15) is 9.59 Å². The molecule has 0 saturated carbocycles. The Morgan fingerprint density at radius 1 is 0.575 bits per heavy atom. The van der Waals surface area contributed by atoms with Gasteiger partial charge in [0.1, 0.15) is 17.3 Å². The number of benzene rings is 5. The molecule has 0 fully saturated rings. The van der Waals surface area contributed by atoms with Crippen molar-refractivity contribution in [2.45, 2.75) is 6.54 Å². The van der Waals surface area contributed by atoms with E-state index in [4.69, 9.17) is 14.5 Å². The fourth-order valence-corrected chi connectivity index (χ4v) is 4.45. The number of carbonyl (C=O) groups is 2. The van der Waals surface area contributed by atoms with Crippen molar-refractivity contribution in [3.8, 4) is 22.9 Å². The van der Waals surface area contributed by atoms with Gasteiger partial charge in [0.2, 0.25) is 0 Å². The van der Waals surface area contributed by atoms with Gasteiger partial charge in [-0.2, -0.15) is 0 Å². The Hall–Kier alpha value is -5.49. The van der Waals surface area contributed by atoms with Gasteiger partial charge in [-0.25, -0.2) is 14.6 Å². The van der Waals surface area contributed by atoms with Gasteiger partial charge in [-0.1, -0.05) is 60.7 Å². The third-order valence-electron chi connectivity index (χ3n) is 6.47. The summed E-state index contributed by atoms with van der Waals surface area (Å²) in [5.41, 5.74) is 4.79. The van der Waals surface area contributed by atoms with Crippen molar-refractivity contribution in [3.63, 3.8) is 0 Å². The largest absolute Gasteiger partial charge is 0.423 e. The van der Waals surface area contributed by atoms with Crippen molar-refractivity contribution in [2.24, 2.45) is 0 Å². The Kier molecular flexibility index (Phi) is 6.88. The van der Waals surface area contributed by atoms with Crippen LogP contribution in [0, 0.1) is 0 Å². The summed E-state index contributed by atoms with van der Waals surface area (Å²) in [5.74, 6) is 0.934. The fraction of sp³-hybridized carbons (Fsp3) is 0.0294. The molecule has 5 aromatic carbocycles. The lowest BCUT2D eigenvalue weighted by molar-refractivity contribution is 0.0725. The maximum Gasteiger partial charge on any atom is 0.343 e. The summed E-state index contributed by atoms with van der Waals surface area (Å²) in [5, 5.41) is 0. The zero-order valence-corrected chi connectivity index (χ0v) is 21.4. The topological polar surface area (TPSA) is 70.4 Å². The van der Waals surface area contributed by atoms with Gasteiger partial charge in [-0.05, 0) is 78.4 Å². The second-order valence-electron chi connectivity index (χ2n) is 9.19. The van der Waals surface area contributed by atoms with Gasteiger partial charge in [0.25, 0.3) is 0 Å². The van der Waals surface area contributed by atoms with Crippen LogP contribution in [-0.2, 0) is 6.54 Å². The number of para-hydroxylation sites is 2. The zero-order chi connectivity index (χ0) is 27.3. The van der Waals surface area contributed by atoms with Crippen LogP contribution in [-0.4, -0.2) is 21.5 Å². The maximum absolute atomic E-state index is 12.4. The molecule has 0 bridgehead atoms. The van der Waals surface area contributed by atoms with Crippen LogP contribution in [0.15, 0.2) is 133 Å². The van der Waals surface area contributed by atoms with Gasteiger partial charge in [-0.15, -0.1) is 0 Å². The third-order valence-corrected chi connectivity index (χ3v) is 6.47. The fourth-order valence-electron chi connectivity index (χ4n) is 4.45. The average Bonchev–Trinajstić information content (AvgIpc) is 3.37. The molecule has 1 aromatic heterocycles. The number of nitrogens with zero attached hydrogens (tertiary/aromatic N) is 2. The van der Waals surface area contributed by atoms with Crippen LogP contribution in [0.2, 0.25) is 0 Å². The van der Waals surface area contributed by atoms with E-state index in [0.717, 1.165) is 28.0 Å². The second kappa shape index (κ2) is 11.1. The van der Waals surface area contributed by atoms with E-state index >= 15 is 0 Å². The van der Waals surface area contributed by atoms with Crippen molar-refractivity contribution < 1.29 is 19.1 Å². The van der Waals surface area contributed by atoms with Crippen LogP contribution in [0.1, 0.15) is 26.3 Å². The lowest BCUT2D eigenvalue weighted by Crippen LogP contribution is -2.08. The zero-order valence-electron chi connectivity index (χ0n) is 21.4. The molecule has 0 amide bonds. The maximum atomic E-state index is 12.4. The van der Waals surface area contributed by atoms with Gasteiger partial charge in [0.15, 0.2) is 0 Å². The van der Waals surface area contributed by atoms with E-state index in [2.05, 4.69) is 4.57 Å². The van der Waals surface area contributed by atoms with Crippen LogP contribution in [0.5, 0.6) is 11.5 Å². The lowest BCUT2D eigenvalue weighted by atomic mass is 10.1. The Balaban J connectivity index is 1.23. The van der Waals surface area contributed by atoms with Gasteiger partial charge >= 0.3 is 11.9 Å². The van der Waals surface area contributed by atoms with Crippen LogP contribution >= 0.6 is 0 Å². The first-order chi connectivity index (χ1) is 19.6. The highest BCUT2D eigenvalue weighted by Gasteiger charge is 2.15. The standard InChI is InChI=1S/C34H24N2O4/c37-33(26-9-3-1-4-10-26)39-28-19-15-24(16-20-28)23-36-31-14-8-7-13-30(31)35-32(36)25-17-21-29(22-18-25)40-34(38)27-11-5-2-6-12-27/h1-22H,23H2. The van der Waals surface area contributed by atoms with Crippen LogP contribution < -0.4 is 9.47 Å². The molecule has 0 saturated heterocycles. The quantitative estimate of drug-likeness (QED) is 0.163. The summed E-state index contributed by atoms with van der Waals surface area (Å²) >= 11 is 0. The number of imidazole rings is 1. The van der Waals surface area contributed by atoms with Gasteiger partial charge < -0.3 is 14.0 Å². The number of hydrogen-bond acceptors (Lipinski definition) is 5. The normalized spacial score (nSPS) is 10.8. The Labute approximate surface area is 231 Å². The van der Waals surface area contributed by atoms with Crippen molar-refractivity contribution in [1.29, 1.82) is 0 Å². The first kappa shape index (κ1) is 24.8. The average molecular weight is 525 g/mol. The molecule has 0 unspecified atom stereocenters. The SMILES string of the molecule is O=C(Oc1ccc(Cn2c(-c3ccc(OC(=O)c4ccccc4)cc3)nc3ccccc32)cc1)c1ccccc1. The molecule has 0 N–H and O–H groups in total. The van der Waals surface area contributed by atoms with Gasteiger partial charge in [0, 0.05) is 12.1 Å². The van der Waals surface area contributed by atoms with Gasteiger partial charge in [0.05, 0.1) is 22.2 Å². The lowest BCUT2D eigenvalue weighted by Gasteiger charge is -2.11. The number of aromatic nitrogens is 2. The highest BCUT2D eigenvalue weighted by molar-refractivity contribution is 5.91. The van der Waals surface area contributed by atoms with E-state index in [0.29, 0.717) is 29.2 Å². The molecule has 40 heavy (non-hydrogen) atoms. The molecule has 0 aliphatic carbocycles. The molecular formula is C34H24N2O4. The molecule has 1 heterocycles. The molecule has 6 heteroatoms. The van der Waals surface area contributed by atoms with Gasteiger partial charge in [-0.3, -0.25) is 0 Å². The molecule has 0 atom stereocenters. The minimum Gasteiger partial charge on any atom is -0.423 e. The van der Waals surface area contributed by atoms with Crippen LogP contribution in [0.25, 0.3) is 22.4 Å². The van der Waals surface area contributed by atoms with Crippen LogP contribution in [0.4, 0.5) is 0 Å². The summed E-state index contributed by atoms with van der Waals surface area (Å²) in [6, 6.07) is 40.6. The molecule has 6 aromatic rings. The smallest absolute Gasteiger partial charge is 0.343 e. The van der Waals surface area contributed by atoms with Crippen molar-refractivity contribution in [2.75, 3.05) is 0 Å². The molecule has 0 aliphatic rings. The van der Waals surface area contributed by atoms with Crippen LogP contribution in [0.3, 0.4) is 0 Å². The predicted molar refractivity (Wildman–Crippen MR) is 154 cm³/mol. The van der Waals surface area contributed by atoms with Crippen molar-refractivity contribution in [3.05, 3.63) is 150 Å². The summed E-state index contributed by atoms with van der Waals surface area (Å²) < 4.78 is 13.2. The number of carbonyl (C=O) groups excluding carboxylic acids is 2. The Morgan fingerprint density at radius 3 is 1.65 bits per heavy atom. The summed E-state index contributed by atoms with van der Waals surface area (Å²) in [7, 11) is 0. The minimum atomic E-state index is -0.404. The van der Waals surface area contributed by atoms with E-state index < -0.39 is 11.9 Å². The molecular weight excluding hydrogens is 500 g/mol. The number of rotatable bonds is 7. The second-order valence-corrected chi connectivity index (χ2v) is 9.19. The first-order valence-electron chi connectivity index (χ1n) is 12.8. The number of hydrogen-bond donors (Lipinski definition) is 0. The minimum absolute atomic E-state index is 0.394. The summed E-state index contributed by atoms with van der Waals surface area (Å²) in [6.45, 7) is 0.563. The van der Waals surface area contributed by atoms with E-state index in [-0.39, 0.29) is 0 Å². The summed E-state index contributed by atoms with van der Waals surface area (Å²) in [6.07, 6.45) is 0. The Bertz CT molecular complexity index is 1780. The molecule has 0 radical (unpaired) electrons. The molecule has 6 nitrogen and oxygen atoms in total. The first-order valence-corrected chi connectivity index (χ1v) is 12.8. The van der Waals surface area contributed by atoms with E-state index in [1.54, 1.807) is 72.8 Å². The molecule has 0 spiro atoms. The predicted octanol–water partition coefficient (Wildman–Crippen LogP) is 7.19. The highest BCUT2D eigenvalue weighted by Crippen LogP contribution is 2.28. The molecule has 0 aliphatic heterocycles. The van der Waals surface area contributed by atoms with E-state index in [1.165, 1.54) is 0 Å². The number of ether oxygens (including phenoxy) is 2. The van der Waals surface area contributed by atoms with Crippen molar-refractivity contribution in [1.82, 2.24) is 9.55 Å². The molecule has 6 rings (SSSR count). The molecule has 194 valence electrons. The highest BCUT2D eigenvalue weighted by atomic mass is 16.5. The summed E-state index contributed by atoms with van der Waals surface area (Å²) in [4.78, 5) is 29.7. The Morgan fingerprint density at radius 2 is 1.07 bits per heavy atom. The van der Waals surface area contributed by atoms with E-state index in [1.807, 2.05) is 60.7 Å². The van der Waals surface area contributed by atoms with Crippen molar-refractivity contribution >= 4 is 23.0 Å². The number of esters is 2. The third kappa shape index (κ3) is 5.37. The monoisotopic (exact) mass is 524 g/mol. The number of fused-ring (bicyclic) bond motifs is 1.